The van der Waals surface area contributed by atoms with E-state index in [1.165, 1.54) is 6.07 Å². The fourth-order valence-corrected chi connectivity index (χ4v) is 3.72. The number of primary sulfonamides is 1. The Hall–Kier alpha value is -3.29. The highest BCUT2D eigenvalue weighted by molar-refractivity contribution is 7.89. The van der Waals surface area contributed by atoms with Crippen LogP contribution in [0.3, 0.4) is 0 Å². The van der Waals surface area contributed by atoms with E-state index in [2.05, 4.69) is 10.2 Å². The van der Waals surface area contributed by atoms with Crippen LogP contribution in [0.1, 0.15) is 11.1 Å². The van der Waals surface area contributed by atoms with Gasteiger partial charge in [0.25, 0.3) is 0 Å². The Morgan fingerprint density at radius 3 is 1.96 bits per heavy atom. The van der Waals surface area contributed by atoms with Gasteiger partial charge in [0, 0.05) is 11.1 Å². The first kappa shape index (κ1) is 18.1. The number of benzene rings is 3. The zero-order valence-corrected chi connectivity index (χ0v) is 15.6. The highest BCUT2D eigenvalue weighted by atomic mass is 32.2. The smallest absolute Gasteiger partial charge is 0.248 e. The Balaban J connectivity index is 1.57. The summed E-state index contributed by atoms with van der Waals surface area (Å²) in [5, 5.41) is 13.5. The van der Waals surface area contributed by atoms with Crippen molar-refractivity contribution < 1.29 is 12.8 Å². The Morgan fingerprint density at radius 1 is 0.750 bits per heavy atom. The summed E-state index contributed by atoms with van der Waals surface area (Å²) < 4.78 is 29.3. The molecule has 0 saturated carbocycles. The number of sulfonamides is 1. The number of nitrogens with two attached hydrogens (primary N) is 1. The lowest BCUT2D eigenvalue weighted by Crippen LogP contribution is -2.14. The van der Waals surface area contributed by atoms with Crippen molar-refractivity contribution in [2.45, 2.75) is 11.3 Å². The van der Waals surface area contributed by atoms with Crippen molar-refractivity contribution in [2.75, 3.05) is 0 Å². The molecule has 0 spiro atoms. The summed E-state index contributed by atoms with van der Waals surface area (Å²) in [5.74, 6) is 0.886. The van der Waals surface area contributed by atoms with Crippen molar-refractivity contribution in [3.8, 4) is 22.9 Å². The molecule has 0 aliphatic heterocycles. The normalized spacial score (nSPS) is 11.5. The average Bonchev–Trinajstić information content (AvgIpc) is 3.19. The van der Waals surface area contributed by atoms with Crippen LogP contribution in [0.4, 0.5) is 0 Å². The number of nitrogens with zero attached hydrogens (tertiary/aromatic N) is 2. The van der Waals surface area contributed by atoms with Gasteiger partial charge >= 0.3 is 0 Å². The van der Waals surface area contributed by atoms with Crippen molar-refractivity contribution in [1.82, 2.24) is 10.2 Å². The van der Waals surface area contributed by atoms with E-state index in [9.17, 15) is 8.42 Å². The van der Waals surface area contributed by atoms with Crippen LogP contribution in [0.2, 0.25) is 0 Å². The van der Waals surface area contributed by atoms with Gasteiger partial charge in [0.05, 0.1) is 4.90 Å². The molecule has 1 heterocycles. The zero-order valence-electron chi connectivity index (χ0n) is 14.8. The third kappa shape index (κ3) is 3.85. The van der Waals surface area contributed by atoms with Gasteiger partial charge in [0.2, 0.25) is 21.8 Å². The lowest BCUT2D eigenvalue weighted by atomic mass is 10.0. The third-order valence-corrected chi connectivity index (χ3v) is 5.33. The van der Waals surface area contributed by atoms with Gasteiger partial charge in [0.15, 0.2) is 0 Å². The first-order valence-electron chi connectivity index (χ1n) is 8.60. The standard InChI is InChI=1S/C21H17N3O3S/c22-28(25,26)19-9-5-4-8-18(19)14-15-10-12-17(13-11-15)21-24-23-20(27-21)16-6-2-1-3-7-16/h1-13H,14H2,(H2,22,25,26). The third-order valence-electron chi connectivity index (χ3n) is 4.32. The summed E-state index contributed by atoms with van der Waals surface area (Å²) in [6.45, 7) is 0. The molecule has 0 unspecified atom stereocenters. The van der Waals surface area contributed by atoms with Crippen molar-refractivity contribution in [2.24, 2.45) is 5.14 Å². The van der Waals surface area contributed by atoms with E-state index >= 15 is 0 Å². The molecule has 7 heteroatoms. The highest BCUT2D eigenvalue weighted by Crippen LogP contribution is 2.25. The van der Waals surface area contributed by atoms with Crippen molar-refractivity contribution in [1.29, 1.82) is 0 Å². The van der Waals surface area contributed by atoms with Crippen molar-refractivity contribution in [3.05, 3.63) is 90.0 Å². The maximum Gasteiger partial charge on any atom is 0.248 e. The van der Waals surface area contributed by atoms with E-state index in [4.69, 9.17) is 9.56 Å². The molecule has 2 N–H and O–H groups in total. The van der Waals surface area contributed by atoms with Gasteiger partial charge in [-0.15, -0.1) is 10.2 Å². The highest BCUT2D eigenvalue weighted by Gasteiger charge is 2.14. The molecule has 4 rings (SSSR count). The zero-order chi connectivity index (χ0) is 19.6. The summed E-state index contributed by atoms with van der Waals surface area (Å²) in [7, 11) is -3.76. The van der Waals surface area contributed by atoms with Crippen LogP contribution in [-0.2, 0) is 16.4 Å². The number of rotatable bonds is 5. The van der Waals surface area contributed by atoms with E-state index in [0.717, 1.165) is 16.7 Å². The monoisotopic (exact) mass is 391 g/mol. The minimum atomic E-state index is -3.76. The van der Waals surface area contributed by atoms with E-state index in [-0.39, 0.29) is 4.90 Å². The second-order valence-corrected chi connectivity index (χ2v) is 7.83. The largest absolute Gasteiger partial charge is 0.416 e. The van der Waals surface area contributed by atoms with Crippen LogP contribution in [0.15, 0.2) is 88.2 Å². The second kappa shape index (κ2) is 7.38. The van der Waals surface area contributed by atoms with Crippen LogP contribution in [-0.4, -0.2) is 18.6 Å². The first-order valence-corrected chi connectivity index (χ1v) is 10.1. The predicted octanol–water partition coefficient (Wildman–Crippen LogP) is 3.64. The molecule has 0 fully saturated rings. The van der Waals surface area contributed by atoms with Crippen LogP contribution in [0.25, 0.3) is 22.9 Å². The first-order chi connectivity index (χ1) is 13.5. The summed E-state index contributed by atoms with van der Waals surface area (Å²) in [4.78, 5) is 0.142. The van der Waals surface area contributed by atoms with Crippen LogP contribution < -0.4 is 5.14 Å². The molecule has 0 aliphatic rings. The van der Waals surface area contributed by atoms with E-state index in [0.29, 0.717) is 23.8 Å². The van der Waals surface area contributed by atoms with Gasteiger partial charge in [-0.2, -0.15) is 0 Å². The van der Waals surface area contributed by atoms with Gasteiger partial charge in [-0.1, -0.05) is 48.5 Å². The Bertz CT molecular complexity index is 1200. The van der Waals surface area contributed by atoms with Crippen molar-refractivity contribution in [3.63, 3.8) is 0 Å². The molecule has 0 radical (unpaired) electrons. The van der Waals surface area contributed by atoms with Crippen LogP contribution in [0.5, 0.6) is 0 Å². The van der Waals surface area contributed by atoms with Crippen LogP contribution >= 0.6 is 0 Å². The van der Waals surface area contributed by atoms with E-state index in [1.807, 2.05) is 54.6 Å². The molecule has 6 nitrogen and oxygen atoms in total. The molecule has 0 amide bonds. The van der Waals surface area contributed by atoms with Gasteiger partial charge in [0.1, 0.15) is 0 Å². The summed E-state index contributed by atoms with van der Waals surface area (Å²) in [6, 6.07) is 23.8. The molecular weight excluding hydrogens is 374 g/mol. The molecule has 140 valence electrons. The van der Waals surface area contributed by atoms with Crippen molar-refractivity contribution >= 4 is 10.0 Å². The van der Waals surface area contributed by atoms with Crippen LogP contribution in [0, 0.1) is 0 Å². The second-order valence-electron chi connectivity index (χ2n) is 6.30. The minimum Gasteiger partial charge on any atom is -0.416 e. The molecule has 3 aromatic carbocycles. The number of hydrogen-bond donors (Lipinski definition) is 1. The van der Waals surface area contributed by atoms with Gasteiger partial charge < -0.3 is 4.42 Å². The van der Waals surface area contributed by atoms with E-state index < -0.39 is 10.0 Å². The molecule has 0 aliphatic carbocycles. The maximum atomic E-state index is 11.8. The molecule has 0 saturated heterocycles. The van der Waals surface area contributed by atoms with Gasteiger partial charge in [-0.3, -0.25) is 0 Å². The summed E-state index contributed by atoms with van der Waals surface area (Å²) in [6.07, 6.45) is 0.450. The molecule has 4 aromatic rings. The quantitative estimate of drug-likeness (QED) is 0.560. The average molecular weight is 391 g/mol. The molecule has 0 atom stereocenters. The minimum absolute atomic E-state index is 0.142. The van der Waals surface area contributed by atoms with E-state index in [1.54, 1.807) is 18.2 Å². The Labute approximate surface area is 162 Å². The fraction of sp³-hybridized carbons (Fsp3) is 0.0476. The Kier molecular flexibility index (Phi) is 4.77. The number of hydrogen-bond acceptors (Lipinski definition) is 5. The lowest BCUT2D eigenvalue weighted by molar-refractivity contribution is 0.584. The summed E-state index contributed by atoms with van der Waals surface area (Å²) in [5.41, 5.74) is 3.25. The molecular formula is C21H17N3O3S. The topological polar surface area (TPSA) is 99.1 Å². The summed E-state index contributed by atoms with van der Waals surface area (Å²) >= 11 is 0. The molecule has 1 aromatic heterocycles. The maximum absolute atomic E-state index is 11.8. The molecule has 28 heavy (non-hydrogen) atoms. The number of aromatic nitrogens is 2. The van der Waals surface area contributed by atoms with Gasteiger partial charge in [-0.05, 0) is 47.9 Å². The fourth-order valence-electron chi connectivity index (χ4n) is 2.95. The Morgan fingerprint density at radius 2 is 1.32 bits per heavy atom. The SMILES string of the molecule is NS(=O)(=O)c1ccccc1Cc1ccc(-c2nnc(-c3ccccc3)o2)cc1. The molecule has 0 bridgehead atoms. The predicted molar refractivity (Wildman–Crippen MR) is 106 cm³/mol. The lowest BCUT2D eigenvalue weighted by Gasteiger charge is -2.08. The van der Waals surface area contributed by atoms with Gasteiger partial charge in [-0.25, -0.2) is 13.6 Å².